The molecule has 1 heterocycles. The van der Waals surface area contributed by atoms with E-state index in [4.69, 9.17) is 0 Å². The lowest BCUT2D eigenvalue weighted by atomic mass is 9.76. The van der Waals surface area contributed by atoms with Gasteiger partial charge in [0.25, 0.3) is 29.1 Å². The number of carbonyl (C=O) groups is 4. The fourth-order valence-electron chi connectivity index (χ4n) is 4.74. The molecule has 0 unspecified atom stereocenters. The first-order valence-corrected chi connectivity index (χ1v) is 11.3. The molecule has 0 radical (unpaired) electrons. The van der Waals surface area contributed by atoms with Crippen molar-refractivity contribution in [3.8, 4) is 0 Å². The van der Waals surface area contributed by atoms with Crippen LogP contribution in [0.25, 0.3) is 0 Å². The smallest absolute Gasteiger partial charge is 0.273 e. The lowest BCUT2D eigenvalue weighted by molar-refractivity contribution is -0.385. The van der Waals surface area contributed by atoms with Gasteiger partial charge in [-0.3, -0.25) is 39.4 Å². The summed E-state index contributed by atoms with van der Waals surface area (Å²) in [5, 5.41) is 23.6. The number of Topliss-reactive ketones (excluding diaryl/α,β-unsaturated/α-hetero) is 1. The number of non-ortho nitro benzene ring substituents is 2. The number of nitrogens with zero attached hydrogens (tertiary/aromatic N) is 4. The number of imide groups is 1. The number of hydrogen-bond acceptors (Lipinski definition) is 8. The minimum Gasteiger partial charge on any atom is -0.292 e. The maximum Gasteiger partial charge on any atom is 0.273 e. The van der Waals surface area contributed by atoms with Crippen LogP contribution in [-0.2, 0) is 9.59 Å². The van der Waals surface area contributed by atoms with E-state index in [1.54, 1.807) is 0 Å². The molecule has 3 amide bonds. The van der Waals surface area contributed by atoms with Gasteiger partial charge in [0.15, 0.2) is 5.78 Å². The highest BCUT2D eigenvalue weighted by Crippen LogP contribution is 2.41. The number of benzene rings is 2. The van der Waals surface area contributed by atoms with Crippen LogP contribution < -0.4 is 0 Å². The number of nitro groups is 2. The highest BCUT2D eigenvalue weighted by atomic mass is 16.6. The molecule has 0 aromatic heterocycles. The fraction of sp³-hybridized carbons (Fsp3) is 0.333. The standard InChI is InChI=1S/C24H22N4O8/c1-14-5-10-19-20(11-14)24(32)26(23(19)31)25(22(30)15-6-8-17(9-7-15)27(33)34)13-21(29)16-3-2-4-18(12-16)28(35)36/h2-4,6-9,12,14,19-20H,5,10-11,13H2,1H3/t14-,19-,20-/m1/s1. The van der Waals surface area contributed by atoms with Crippen LogP contribution in [0.3, 0.4) is 0 Å². The zero-order valence-electron chi connectivity index (χ0n) is 19.2. The molecule has 1 saturated carbocycles. The lowest BCUT2D eigenvalue weighted by Gasteiger charge is -2.30. The predicted molar refractivity (Wildman–Crippen MR) is 123 cm³/mol. The summed E-state index contributed by atoms with van der Waals surface area (Å²) in [5.74, 6) is -3.77. The number of nitro benzene ring substituents is 2. The van der Waals surface area contributed by atoms with Gasteiger partial charge < -0.3 is 0 Å². The summed E-state index contributed by atoms with van der Waals surface area (Å²) in [6.07, 6.45) is 1.70. The van der Waals surface area contributed by atoms with Gasteiger partial charge >= 0.3 is 0 Å². The molecule has 186 valence electrons. The van der Waals surface area contributed by atoms with E-state index < -0.39 is 51.7 Å². The van der Waals surface area contributed by atoms with Crippen molar-refractivity contribution >= 4 is 34.9 Å². The van der Waals surface area contributed by atoms with Gasteiger partial charge in [0, 0.05) is 35.4 Å². The highest BCUT2D eigenvalue weighted by molar-refractivity contribution is 6.09. The monoisotopic (exact) mass is 494 g/mol. The number of amides is 3. The third kappa shape index (κ3) is 4.57. The Kier molecular flexibility index (Phi) is 6.60. The Morgan fingerprint density at radius 3 is 2.19 bits per heavy atom. The third-order valence-corrected chi connectivity index (χ3v) is 6.64. The minimum atomic E-state index is -0.878. The van der Waals surface area contributed by atoms with Crippen LogP contribution >= 0.6 is 0 Å². The Balaban J connectivity index is 1.70. The molecule has 2 fully saturated rings. The maximum atomic E-state index is 13.5. The lowest BCUT2D eigenvalue weighted by Crippen LogP contribution is -2.52. The van der Waals surface area contributed by atoms with Crippen LogP contribution in [0.1, 0.15) is 46.9 Å². The highest BCUT2D eigenvalue weighted by Gasteiger charge is 2.52. The summed E-state index contributed by atoms with van der Waals surface area (Å²) in [7, 11) is 0. The zero-order chi connectivity index (χ0) is 26.1. The van der Waals surface area contributed by atoms with E-state index in [1.165, 1.54) is 30.3 Å². The molecule has 3 atom stereocenters. The van der Waals surface area contributed by atoms with Crippen LogP contribution in [0, 0.1) is 38.0 Å². The fourth-order valence-corrected chi connectivity index (χ4v) is 4.74. The summed E-state index contributed by atoms with van der Waals surface area (Å²) in [4.78, 5) is 73.9. The number of fused-ring (bicyclic) bond motifs is 1. The van der Waals surface area contributed by atoms with Crippen molar-refractivity contribution < 1.29 is 29.0 Å². The second kappa shape index (κ2) is 9.64. The van der Waals surface area contributed by atoms with E-state index in [1.807, 2.05) is 6.92 Å². The van der Waals surface area contributed by atoms with Crippen molar-refractivity contribution in [2.75, 3.05) is 6.54 Å². The van der Waals surface area contributed by atoms with E-state index in [2.05, 4.69) is 0 Å². The largest absolute Gasteiger partial charge is 0.292 e. The average Bonchev–Trinajstić information content (AvgIpc) is 3.11. The molecular formula is C24H22N4O8. The zero-order valence-corrected chi connectivity index (χ0v) is 19.2. The first kappa shape index (κ1) is 24.6. The summed E-state index contributed by atoms with van der Waals surface area (Å²) >= 11 is 0. The Morgan fingerprint density at radius 2 is 1.56 bits per heavy atom. The molecule has 2 aliphatic rings. The van der Waals surface area contributed by atoms with E-state index in [0.29, 0.717) is 17.9 Å². The Bertz CT molecular complexity index is 1280. The molecule has 12 nitrogen and oxygen atoms in total. The van der Waals surface area contributed by atoms with Crippen molar-refractivity contribution in [1.29, 1.82) is 0 Å². The van der Waals surface area contributed by atoms with Gasteiger partial charge in [-0.15, -0.1) is 0 Å². The van der Waals surface area contributed by atoms with Crippen molar-refractivity contribution in [1.82, 2.24) is 10.0 Å². The Hall–Kier alpha value is -4.48. The number of hydrogen-bond donors (Lipinski definition) is 0. The van der Waals surface area contributed by atoms with Gasteiger partial charge in [0.05, 0.1) is 21.7 Å². The van der Waals surface area contributed by atoms with Gasteiger partial charge in [-0.05, 0) is 37.3 Å². The molecular weight excluding hydrogens is 472 g/mol. The van der Waals surface area contributed by atoms with Crippen LogP contribution in [0.2, 0.25) is 0 Å². The average molecular weight is 494 g/mol. The van der Waals surface area contributed by atoms with Crippen LogP contribution in [0.4, 0.5) is 11.4 Å². The molecule has 0 spiro atoms. The molecule has 36 heavy (non-hydrogen) atoms. The number of carbonyl (C=O) groups excluding carboxylic acids is 4. The first-order valence-electron chi connectivity index (χ1n) is 11.3. The number of rotatable bonds is 7. The third-order valence-electron chi connectivity index (χ3n) is 6.64. The molecule has 2 aromatic carbocycles. The normalized spacial score (nSPS) is 21.1. The van der Waals surface area contributed by atoms with Crippen molar-refractivity contribution in [2.45, 2.75) is 26.2 Å². The molecule has 1 aliphatic carbocycles. The second-order valence-corrected chi connectivity index (χ2v) is 9.02. The first-order chi connectivity index (χ1) is 17.1. The summed E-state index contributed by atoms with van der Waals surface area (Å²) in [6, 6.07) is 9.44. The predicted octanol–water partition coefficient (Wildman–Crippen LogP) is 3.16. The summed E-state index contributed by atoms with van der Waals surface area (Å²) in [5.41, 5.74) is -0.742. The van der Waals surface area contributed by atoms with Crippen molar-refractivity contribution in [3.05, 3.63) is 79.9 Å². The van der Waals surface area contributed by atoms with E-state index in [0.717, 1.165) is 29.6 Å². The molecule has 12 heteroatoms. The van der Waals surface area contributed by atoms with Crippen LogP contribution in [-0.4, -0.2) is 49.9 Å². The Labute approximate surface area is 204 Å². The van der Waals surface area contributed by atoms with Crippen LogP contribution in [0.15, 0.2) is 48.5 Å². The molecule has 0 bridgehead atoms. The molecule has 0 N–H and O–H groups in total. The van der Waals surface area contributed by atoms with E-state index in [9.17, 15) is 39.4 Å². The van der Waals surface area contributed by atoms with Gasteiger partial charge in [0.2, 0.25) is 0 Å². The van der Waals surface area contributed by atoms with Crippen molar-refractivity contribution in [2.24, 2.45) is 17.8 Å². The van der Waals surface area contributed by atoms with Gasteiger partial charge in [0.1, 0.15) is 6.54 Å². The van der Waals surface area contributed by atoms with Gasteiger partial charge in [-0.1, -0.05) is 19.1 Å². The maximum absolute atomic E-state index is 13.5. The van der Waals surface area contributed by atoms with Crippen molar-refractivity contribution in [3.63, 3.8) is 0 Å². The molecule has 1 saturated heterocycles. The summed E-state index contributed by atoms with van der Waals surface area (Å²) in [6.45, 7) is 1.24. The van der Waals surface area contributed by atoms with E-state index >= 15 is 0 Å². The van der Waals surface area contributed by atoms with E-state index in [-0.39, 0.29) is 28.4 Å². The SMILES string of the molecule is C[C@@H]1CC[C@H]2C(=O)N(N(CC(=O)c3cccc([N+](=O)[O-])c3)C(=O)c3ccc([N+](=O)[O-])cc3)C(=O)[C@@H]2C1. The minimum absolute atomic E-state index is 0.0729. The second-order valence-electron chi connectivity index (χ2n) is 9.02. The Morgan fingerprint density at radius 1 is 0.917 bits per heavy atom. The molecule has 4 rings (SSSR count). The molecule has 1 aliphatic heterocycles. The number of ketones is 1. The van der Waals surface area contributed by atoms with Crippen LogP contribution in [0.5, 0.6) is 0 Å². The number of hydrazine groups is 1. The van der Waals surface area contributed by atoms with Gasteiger partial charge in [-0.25, -0.2) is 5.01 Å². The topological polar surface area (TPSA) is 161 Å². The quantitative estimate of drug-likeness (QED) is 0.245. The van der Waals surface area contributed by atoms with Gasteiger partial charge in [-0.2, -0.15) is 5.01 Å². The molecule has 2 aromatic rings. The summed E-state index contributed by atoms with van der Waals surface area (Å²) < 4.78 is 0.